The Hall–Kier alpha value is -1.51. The molecular weight excluding hydrogens is 178 g/mol. The Kier molecular flexibility index (Phi) is 6.20. The van der Waals surface area contributed by atoms with Gasteiger partial charge < -0.3 is 10.5 Å². The Morgan fingerprint density at radius 2 is 2.21 bits per heavy atom. The van der Waals surface area contributed by atoms with Gasteiger partial charge in [-0.1, -0.05) is 18.7 Å². The van der Waals surface area contributed by atoms with Crippen LogP contribution in [0.3, 0.4) is 0 Å². The van der Waals surface area contributed by atoms with Gasteiger partial charge in [0.2, 0.25) is 0 Å². The van der Waals surface area contributed by atoms with Crippen molar-refractivity contribution in [2.24, 2.45) is 5.73 Å². The molecule has 0 fully saturated rings. The summed E-state index contributed by atoms with van der Waals surface area (Å²) in [5.41, 5.74) is 6.90. The number of esters is 1. The Morgan fingerprint density at radius 1 is 1.57 bits per heavy atom. The Labute approximate surface area is 84.9 Å². The molecule has 78 valence electrons. The zero-order valence-electron chi connectivity index (χ0n) is 8.75. The maximum Gasteiger partial charge on any atom is 0.310 e. The highest BCUT2D eigenvalue weighted by atomic mass is 16.5. The third-order valence-corrected chi connectivity index (χ3v) is 1.60. The van der Waals surface area contributed by atoms with E-state index >= 15 is 0 Å². The highest BCUT2D eigenvalue weighted by Gasteiger charge is 2.06. The second kappa shape index (κ2) is 6.95. The molecule has 0 heterocycles. The van der Waals surface area contributed by atoms with Gasteiger partial charge in [-0.25, -0.2) is 0 Å². The summed E-state index contributed by atoms with van der Waals surface area (Å²) >= 11 is 0. The van der Waals surface area contributed by atoms with Crippen molar-refractivity contribution in [3.05, 3.63) is 36.1 Å². The first-order valence-electron chi connectivity index (χ1n) is 4.55. The van der Waals surface area contributed by atoms with E-state index in [0.29, 0.717) is 12.3 Å². The van der Waals surface area contributed by atoms with Crippen molar-refractivity contribution in [3.8, 4) is 0 Å². The summed E-state index contributed by atoms with van der Waals surface area (Å²) in [6, 6.07) is 0. The quantitative estimate of drug-likeness (QED) is 0.538. The smallest absolute Gasteiger partial charge is 0.310 e. The molecule has 0 rings (SSSR count). The van der Waals surface area contributed by atoms with E-state index in [-0.39, 0.29) is 12.4 Å². The number of carbonyl (C=O) groups is 1. The van der Waals surface area contributed by atoms with Gasteiger partial charge in [0, 0.05) is 5.70 Å². The number of carbonyl (C=O) groups excluding carboxylic acids is 1. The van der Waals surface area contributed by atoms with Crippen LogP contribution < -0.4 is 5.73 Å². The van der Waals surface area contributed by atoms with E-state index in [1.54, 1.807) is 13.0 Å². The van der Waals surface area contributed by atoms with Gasteiger partial charge in [0.25, 0.3) is 0 Å². The van der Waals surface area contributed by atoms with Gasteiger partial charge in [-0.15, -0.1) is 0 Å². The van der Waals surface area contributed by atoms with Crippen LogP contribution in [0.1, 0.15) is 20.3 Å². The van der Waals surface area contributed by atoms with Gasteiger partial charge in [0.05, 0.1) is 13.0 Å². The van der Waals surface area contributed by atoms with E-state index in [4.69, 9.17) is 10.5 Å². The standard InChI is InChI=1S/C11H17NO2/c1-4-7-9(10(12)5-2)8-11(13)14-6-3/h4-5,7H,2,6,8,12H2,1,3H3/b7-4-,10-9-. The molecule has 0 saturated heterocycles. The summed E-state index contributed by atoms with van der Waals surface area (Å²) in [6.07, 6.45) is 5.32. The molecule has 0 aromatic carbocycles. The van der Waals surface area contributed by atoms with E-state index in [0.717, 1.165) is 5.57 Å². The minimum Gasteiger partial charge on any atom is -0.466 e. The van der Waals surface area contributed by atoms with Crippen molar-refractivity contribution in [2.75, 3.05) is 6.61 Å². The minimum absolute atomic E-state index is 0.191. The topological polar surface area (TPSA) is 52.3 Å². The monoisotopic (exact) mass is 195 g/mol. The number of hydrogen-bond donors (Lipinski definition) is 1. The minimum atomic E-state index is -0.273. The van der Waals surface area contributed by atoms with E-state index in [9.17, 15) is 4.79 Å². The molecule has 0 atom stereocenters. The fourth-order valence-electron chi connectivity index (χ4n) is 0.957. The molecule has 0 bridgehead atoms. The SMILES string of the molecule is C=C/C(N)=C(\C=C/C)CC(=O)OCC. The van der Waals surface area contributed by atoms with Crippen LogP contribution in [0.5, 0.6) is 0 Å². The summed E-state index contributed by atoms with van der Waals surface area (Å²) in [4.78, 5) is 11.2. The van der Waals surface area contributed by atoms with Gasteiger partial charge in [0.15, 0.2) is 0 Å². The van der Waals surface area contributed by atoms with Crippen LogP contribution in [-0.2, 0) is 9.53 Å². The first-order chi connectivity index (χ1) is 6.65. The van der Waals surface area contributed by atoms with Crippen molar-refractivity contribution in [3.63, 3.8) is 0 Å². The van der Waals surface area contributed by atoms with Gasteiger partial charge in [-0.05, 0) is 25.5 Å². The van der Waals surface area contributed by atoms with Crippen LogP contribution in [0.15, 0.2) is 36.1 Å². The predicted octanol–water partition coefficient (Wildman–Crippen LogP) is 1.91. The summed E-state index contributed by atoms with van der Waals surface area (Å²) in [5, 5.41) is 0. The molecular formula is C11H17NO2. The third-order valence-electron chi connectivity index (χ3n) is 1.60. The van der Waals surface area contributed by atoms with E-state index in [1.807, 2.05) is 13.0 Å². The van der Waals surface area contributed by atoms with Gasteiger partial charge in [0.1, 0.15) is 0 Å². The summed E-state index contributed by atoms with van der Waals surface area (Å²) < 4.78 is 4.82. The molecule has 14 heavy (non-hydrogen) atoms. The van der Waals surface area contributed by atoms with E-state index < -0.39 is 0 Å². The molecule has 0 aromatic rings. The average molecular weight is 195 g/mol. The lowest BCUT2D eigenvalue weighted by Gasteiger charge is -2.04. The zero-order chi connectivity index (χ0) is 11.0. The molecule has 3 nitrogen and oxygen atoms in total. The van der Waals surface area contributed by atoms with Crippen molar-refractivity contribution < 1.29 is 9.53 Å². The number of nitrogens with two attached hydrogens (primary N) is 1. The molecule has 0 spiro atoms. The molecule has 0 aliphatic heterocycles. The molecule has 0 unspecified atom stereocenters. The van der Waals surface area contributed by atoms with Crippen LogP contribution in [0, 0.1) is 0 Å². The predicted molar refractivity (Wildman–Crippen MR) is 57.5 cm³/mol. The molecule has 0 aliphatic rings. The van der Waals surface area contributed by atoms with Crippen LogP contribution in [0.2, 0.25) is 0 Å². The zero-order valence-corrected chi connectivity index (χ0v) is 8.75. The second-order valence-corrected chi connectivity index (χ2v) is 2.67. The van der Waals surface area contributed by atoms with E-state index in [2.05, 4.69) is 6.58 Å². The van der Waals surface area contributed by atoms with Crippen molar-refractivity contribution in [2.45, 2.75) is 20.3 Å². The lowest BCUT2D eigenvalue weighted by atomic mass is 10.1. The number of hydrogen-bond acceptors (Lipinski definition) is 3. The summed E-state index contributed by atoms with van der Waals surface area (Å²) in [5.74, 6) is -0.273. The van der Waals surface area contributed by atoms with Crippen LogP contribution in [-0.4, -0.2) is 12.6 Å². The Balaban J connectivity index is 4.54. The van der Waals surface area contributed by atoms with Gasteiger partial charge in [-0.3, -0.25) is 4.79 Å². The average Bonchev–Trinajstić information content (AvgIpc) is 2.16. The van der Waals surface area contributed by atoms with E-state index in [1.165, 1.54) is 6.08 Å². The number of rotatable bonds is 5. The molecule has 3 heteroatoms. The molecule has 2 N–H and O–H groups in total. The third kappa shape index (κ3) is 4.50. The van der Waals surface area contributed by atoms with Crippen molar-refractivity contribution in [1.82, 2.24) is 0 Å². The molecule has 0 saturated carbocycles. The van der Waals surface area contributed by atoms with Gasteiger partial charge >= 0.3 is 5.97 Å². The fraction of sp³-hybridized carbons (Fsp3) is 0.364. The lowest BCUT2D eigenvalue weighted by molar-refractivity contribution is -0.142. The van der Waals surface area contributed by atoms with Gasteiger partial charge in [-0.2, -0.15) is 0 Å². The maximum absolute atomic E-state index is 11.2. The number of ether oxygens (including phenoxy) is 1. The Morgan fingerprint density at radius 3 is 2.64 bits per heavy atom. The van der Waals surface area contributed by atoms with Crippen molar-refractivity contribution in [1.29, 1.82) is 0 Å². The Bertz CT molecular complexity index is 264. The first kappa shape index (κ1) is 12.5. The maximum atomic E-state index is 11.2. The largest absolute Gasteiger partial charge is 0.466 e. The lowest BCUT2D eigenvalue weighted by Crippen LogP contribution is -2.07. The molecule has 0 radical (unpaired) electrons. The summed E-state index contributed by atoms with van der Waals surface area (Å²) in [7, 11) is 0. The number of allylic oxidation sites excluding steroid dienone is 3. The highest BCUT2D eigenvalue weighted by molar-refractivity contribution is 5.73. The molecule has 0 aliphatic carbocycles. The first-order valence-corrected chi connectivity index (χ1v) is 4.55. The second-order valence-electron chi connectivity index (χ2n) is 2.67. The fourth-order valence-corrected chi connectivity index (χ4v) is 0.957. The normalized spacial score (nSPS) is 12.4. The van der Waals surface area contributed by atoms with Crippen molar-refractivity contribution >= 4 is 5.97 Å². The molecule has 0 amide bonds. The molecule has 0 aromatic heterocycles. The van der Waals surface area contributed by atoms with Crippen LogP contribution in [0.4, 0.5) is 0 Å². The van der Waals surface area contributed by atoms with Crippen LogP contribution >= 0.6 is 0 Å². The summed E-state index contributed by atoms with van der Waals surface area (Å²) in [6.45, 7) is 7.57. The highest BCUT2D eigenvalue weighted by Crippen LogP contribution is 2.09. The van der Waals surface area contributed by atoms with Crippen LogP contribution in [0.25, 0.3) is 0 Å².